The fourth-order valence-electron chi connectivity index (χ4n) is 5.10. The number of piperidine rings is 1. The number of nitrogens with one attached hydrogen (secondary N) is 1. The van der Waals surface area contributed by atoms with Crippen molar-refractivity contribution in [1.29, 1.82) is 0 Å². The van der Waals surface area contributed by atoms with Gasteiger partial charge in [0.1, 0.15) is 5.82 Å². The van der Waals surface area contributed by atoms with Crippen molar-refractivity contribution in [2.75, 3.05) is 18.4 Å². The third-order valence-electron chi connectivity index (χ3n) is 6.97. The highest BCUT2D eigenvalue weighted by Gasteiger charge is 2.42. The van der Waals surface area contributed by atoms with Gasteiger partial charge in [0.2, 0.25) is 0 Å². The Balaban J connectivity index is 1.40. The van der Waals surface area contributed by atoms with E-state index in [2.05, 4.69) is 34.1 Å². The molecule has 0 bridgehead atoms. The molecule has 7 nitrogen and oxygen atoms in total. The molecule has 36 heavy (non-hydrogen) atoms. The summed E-state index contributed by atoms with van der Waals surface area (Å²) in [5.41, 5.74) is 2.42. The zero-order valence-corrected chi connectivity index (χ0v) is 19.9. The number of hydrogen-bond donors (Lipinski definition) is 2. The highest BCUT2D eigenvalue weighted by molar-refractivity contribution is 6.00. The Hall–Kier alpha value is -4.39. The highest BCUT2D eigenvalue weighted by Crippen LogP contribution is 2.41. The number of imidazole rings is 1. The number of carbonyl (C=O) groups excluding carboxylic acids is 1. The topological polar surface area (TPSA) is 87.5 Å². The molecule has 7 heteroatoms. The summed E-state index contributed by atoms with van der Waals surface area (Å²) in [4.78, 5) is 31.2. The van der Waals surface area contributed by atoms with Gasteiger partial charge in [0.15, 0.2) is 0 Å². The number of amides is 2. The number of para-hydroxylation sites is 1. The summed E-state index contributed by atoms with van der Waals surface area (Å²) in [6.45, 7) is 1.77. The van der Waals surface area contributed by atoms with Crippen LogP contribution in [0.15, 0.2) is 97.3 Å². The van der Waals surface area contributed by atoms with Gasteiger partial charge in [-0.05, 0) is 36.1 Å². The predicted octanol–water partition coefficient (Wildman–Crippen LogP) is 5.24. The van der Waals surface area contributed by atoms with Gasteiger partial charge in [0, 0.05) is 32.0 Å². The molecule has 1 aliphatic rings. The molecule has 2 N–H and O–H groups in total. The average Bonchev–Trinajstić information content (AvgIpc) is 3.38. The van der Waals surface area contributed by atoms with E-state index >= 15 is 0 Å². The first kappa shape index (κ1) is 23.4. The van der Waals surface area contributed by atoms with E-state index in [0.29, 0.717) is 31.6 Å². The number of benzene rings is 3. The molecule has 4 aromatic rings. The Morgan fingerprint density at radius 3 is 2.22 bits per heavy atom. The van der Waals surface area contributed by atoms with Crippen LogP contribution in [0.4, 0.5) is 10.5 Å². The van der Waals surface area contributed by atoms with Gasteiger partial charge < -0.3 is 19.9 Å². The van der Waals surface area contributed by atoms with Gasteiger partial charge in [-0.1, -0.05) is 72.8 Å². The van der Waals surface area contributed by atoms with Crippen LogP contribution in [0.1, 0.15) is 40.2 Å². The first-order valence-electron chi connectivity index (χ1n) is 12.1. The maximum atomic E-state index is 13.1. The van der Waals surface area contributed by atoms with Crippen molar-refractivity contribution in [2.45, 2.75) is 24.8 Å². The molecule has 0 unspecified atom stereocenters. The van der Waals surface area contributed by atoms with Crippen LogP contribution in [-0.4, -0.2) is 44.6 Å². The van der Waals surface area contributed by atoms with E-state index in [4.69, 9.17) is 4.98 Å². The smallest absolute Gasteiger partial charge is 0.337 e. The summed E-state index contributed by atoms with van der Waals surface area (Å²) >= 11 is 0. The lowest BCUT2D eigenvalue weighted by Crippen LogP contribution is -2.48. The van der Waals surface area contributed by atoms with Crippen LogP contribution in [0.2, 0.25) is 0 Å². The van der Waals surface area contributed by atoms with Crippen molar-refractivity contribution in [3.8, 4) is 0 Å². The Kier molecular flexibility index (Phi) is 6.54. The number of carboxylic acid groups (broad SMARTS) is 1. The van der Waals surface area contributed by atoms with E-state index in [9.17, 15) is 14.7 Å². The van der Waals surface area contributed by atoms with Crippen molar-refractivity contribution >= 4 is 17.7 Å². The quantitative estimate of drug-likeness (QED) is 0.395. The lowest BCUT2D eigenvalue weighted by Gasteiger charge is -2.42. The molecule has 182 valence electrons. The van der Waals surface area contributed by atoms with Crippen LogP contribution >= 0.6 is 0 Å². The molecular weight excluding hydrogens is 452 g/mol. The lowest BCUT2D eigenvalue weighted by molar-refractivity contribution is 0.0698. The molecule has 0 spiro atoms. The summed E-state index contributed by atoms with van der Waals surface area (Å²) in [6, 6.07) is 26.9. The third-order valence-corrected chi connectivity index (χ3v) is 6.97. The minimum Gasteiger partial charge on any atom is -0.478 e. The van der Waals surface area contributed by atoms with E-state index in [-0.39, 0.29) is 17.0 Å². The Morgan fingerprint density at radius 2 is 1.53 bits per heavy atom. The number of carbonyl (C=O) groups is 2. The van der Waals surface area contributed by atoms with Crippen molar-refractivity contribution in [3.05, 3.63) is 120 Å². The van der Waals surface area contributed by atoms with Gasteiger partial charge in [-0.15, -0.1) is 0 Å². The third kappa shape index (κ3) is 4.60. The molecule has 5 rings (SSSR count). The van der Waals surface area contributed by atoms with Crippen LogP contribution in [-0.2, 0) is 12.0 Å². The van der Waals surface area contributed by atoms with E-state index in [1.807, 2.05) is 48.8 Å². The maximum Gasteiger partial charge on any atom is 0.337 e. The van der Waals surface area contributed by atoms with E-state index in [1.165, 1.54) is 17.2 Å². The standard InChI is InChI=1S/C29H28N4O3/c34-26(35)24-13-7-8-14-25(24)31-28(36)32-18-15-29(16-19-32,23-11-5-2-6-12-23)27-30-17-20-33(27)21-22-9-3-1-4-10-22/h1-14,17,20H,15-16,18-19,21H2,(H,31,36)(H,34,35). The first-order valence-corrected chi connectivity index (χ1v) is 12.1. The average molecular weight is 481 g/mol. The number of rotatable bonds is 6. The molecule has 1 aliphatic heterocycles. The van der Waals surface area contributed by atoms with Crippen molar-refractivity contribution in [2.24, 2.45) is 0 Å². The van der Waals surface area contributed by atoms with Gasteiger partial charge >= 0.3 is 12.0 Å². The molecular formula is C29H28N4O3. The fourth-order valence-corrected chi connectivity index (χ4v) is 5.10. The maximum absolute atomic E-state index is 13.1. The van der Waals surface area contributed by atoms with Crippen LogP contribution < -0.4 is 5.32 Å². The van der Waals surface area contributed by atoms with Crippen molar-refractivity contribution in [3.63, 3.8) is 0 Å². The van der Waals surface area contributed by atoms with E-state index in [1.54, 1.807) is 23.1 Å². The highest BCUT2D eigenvalue weighted by atomic mass is 16.4. The monoisotopic (exact) mass is 480 g/mol. The molecule has 2 amide bonds. The summed E-state index contributed by atoms with van der Waals surface area (Å²) in [5.74, 6) is -0.0771. The Bertz CT molecular complexity index is 1340. The summed E-state index contributed by atoms with van der Waals surface area (Å²) in [7, 11) is 0. The first-order chi connectivity index (χ1) is 17.6. The molecule has 0 aliphatic carbocycles. The van der Waals surface area contributed by atoms with Gasteiger partial charge in [0.05, 0.1) is 16.7 Å². The fraction of sp³-hybridized carbons (Fsp3) is 0.207. The molecule has 1 saturated heterocycles. The number of anilines is 1. The number of nitrogens with zero attached hydrogens (tertiary/aromatic N) is 3. The van der Waals surface area contributed by atoms with Crippen molar-refractivity contribution < 1.29 is 14.7 Å². The normalized spacial score (nSPS) is 14.8. The number of urea groups is 1. The number of aromatic carboxylic acids is 1. The SMILES string of the molecule is O=C(O)c1ccccc1NC(=O)N1CCC(c2ccccc2)(c2nccn2Cc2ccccc2)CC1. The number of likely N-dealkylation sites (tertiary alicyclic amines) is 1. The lowest BCUT2D eigenvalue weighted by atomic mass is 9.72. The van der Waals surface area contributed by atoms with E-state index < -0.39 is 5.97 Å². The molecule has 1 fully saturated rings. The number of hydrogen-bond acceptors (Lipinski definition) is 3. The van der Waals surface area contributed by atoms with Gasteiger partial charge in [0.25, 0.3) is 0 Å². The number of aromatic nitrogens is 2. The molecule has 0 radical (unpaired) electrons. The Labute approximate surface area is 210 Å². The second-order valence-electron chi connectivity index (χ2n) is 9.08. The molecule has 2 heterocycles. The number of carboxylic acids is 1. The summed E-state index contributed by atoms with van der Waals surface area (Å²) < 4.78 is 2.21. The van der Waals surface area contributed by atoms with Crippen LogP contribution in [0.3, 0.4) is 0 Å². The van der Waals surface area contributed by atoms with E-state index in [0.717, 1.165) is 12.4 Å². The second-order valence-corrected chi connectivity index (χ2v) is 9.08. The molecule has 0 saturated carbocycles. The van der Waals surface area contributed by atoms with Gasteiger partial charge in [-0.3, -0.25) is 0 Å². The zero-order valence-electron chi connectivity index (χ0n) is 19.9. The molecule has 0 atom stereocenters. The van der Waals surface area contributed by atoms with Crippen LogP contribution in [0.5, 0.6) is 0 Å². The summed E-state index contributed by atoms with van der Waals surface area (Å²) in [5, 5.41) is 12.2. The van der Waals surface area contributed by atoms with Gasteiger partial charge in [-0.25, -0.2) is 14.6 Å². The Morgan fingerprint density at radius 1 is 0.889 bits per heavy atom. The van der Waals surface area contributed by atoms with Gasteiger partial charge in [-0.2, -0.15) is 0 Å². The molecule has 1 aromatic heterocycles. The minimum absolute atomic E-state index is 0.0735. The molecule has 3 aromatic carbocycles. The largest absolute Gasteiger partial charge is 0.478 e. The summed E-state index contributed by atoms with van der Waals surface area (Å²) in [6.07, 6.45) is 5.29. The van der Waals surface area contributed by atoms with Crippen LogP contribution in [0.25, 0.3) is 0 Å². The second kappa shape index (κ2) is 10.1. The van der Waals surface area contributed by atoms with Crippen molar-refractivity contribution in [1.82, 2.24) is 14.5 Å². The van der Waals surface area contributed by atoms with Crippen LogP contribution in [0, 0.1) is 0 Å². The zero-order chi connectivity index (χ0) is 25.0. The minimum atomic E-state index is -1.07. The predicted molar refractivity (Wildman–Crippen MR) is 138 cm³/mol.